The summed E-state index contributed by atoms with van der Waals surface area (Å²) in [4.78, 5) is 23.4. The van der Waals surface area contributed by atoms with E-state index >= 15 is 0 Å². The fourth-order valence-electron chi connectivity index (χ4n) is 1.68. The van der Waals surface area contributed by atoms with Gasteiger partial charge in [0, 0.05) is 10.1 Å². The molecular weight excluding hydrogens is 381 g/mol. The highest BCUT2D eigenvalue weighted by Crippen LogP contribution is 2.08. The summed E-state index contributed by atoms with van der Waals surface area (Å²) in [6, 6.07) is 16.6. The number of hydrogen-bond acceptors (Lipinski definition) is 3. The van der Waals surface area contributed by atoms with Crippen molar-refractivity contribution in [2.45, 2.75) is 6.54 Å². The van der Waals surface area contributed by atoms with Crippen LogP contribution in [0.5, 0.6) is 0 Å². The summed E-state index contributed by atoms with van der Waals surface area (Å²) in [5.74, 6) is -0.818. The Balaban J connectivity index is 1.77. The number of benzene rings is 2. The Hall–Kier alpha value is -1.89. The van der Waals surface area contributed by atoms with Gasteiger partial charge in [-0.1, -0.05) is 36.4 Å². The molecule has 0 spiro atoms. The average molecular weight is 395 g/mol. The first-order chi connectivity index (χ1) is 10.1. The quantitative estimate of drug-likeness (QED) is 0.626. The van der Waals surface area contributed by atoms with Gasteiger partial charge in [-0.05, 0) is 46.4 Å². The largest absolute Gasteiger partial charge is 0.452 e. The fraction of sp³-hybridized carbons (Fsp3) is 0.125. The number of amides is 1. The van der Waals surface area contributed by atoms with Crippen LogP contribution in [-0.4, -0.2) is 18.5 Å². The topological polar surface area (TPSA) is 55.4 Å². The van der Waals surface area contributed by atoms with Crippen molar-refractivity contribution in [3.63, 3.8) is 0 Å². The summed E-state index contributed by atoms with van der Waals surface area (Å²) >= 11 is 2.11. The van der Waals surface area contributed by atoms with Crippen LogP contribution in [0.3, 0.4) is 0 Å². The summed E-state index contributed by atoms with van der Waals surface area (Å²) < 4.78 is 5.92. The van der Waals surface area contributed by atoms with Crippen LogP contribution < -0.4 is 5.32 Å². The molecule has 0 saturated heterocycles. The number of esters is 1. The van der Waals surface area contributed by atoms with Crippen molar-refractivity contribution in [2.24, 2.45) is 0 Å². The van der Waals surface area contributed by atoms with Crippen LogP contribution in [0.15, 0.2) is 54.6 Å². The molecule has 0 aliphatic heterocycles. The molecule has 0 aliphatic rings. The van der Waals surface area contributed by atoms with Crippen LogP contribution in [0, 0.1) is 3.57 Å². The van der Waals surface area contributed by atoms with Gasteiger partial charge in [0.1, 0.15) is 0 Å². The van der Waals surface area contributed by atoms with E-state index in [2.05, 4.69) is 27.9 Å². The third kappa shape index (κ3) is 5.18. The zero-order valence-corrected chi connectivity index (χ0v) is 13.4. The standard InChI is InChI=1S/C16H14INO3/c17-14-8-4-7-13(9-14)16(20)21-11-15(19)18-10-12-5-2-1-3-6-12/h1-9H,10-11H2,(H,18,19). The van der Waals surface area contributed by atoms with Crippen LogP contribution in [0.2, 0.25) is 0 Å². The first-order valence-corrected chi connectivity index (χ1v) is 7.46. The number of carbonyl (C=O) groups is 2. The van der Waals surface area contributed by atoms with Crippen molar-refractivity contribution in [1.82, 2.24) is 5.32 Å². The van der Waals surface area contributed by atoms with Gasteiger partial charge in [-0.3, -0.25) is 4.79 Å². The summed E-state index contributed by atoms with van der Waals surface area (Å²) in [5, 5.41) is 2.70. The maximum absolute atomic E-state index is 11.8. The number of carbonyl (C=O) groups excluding carboxylic acids is 2. The Bertz CT molecular complexity index is 628. The third-order valence-corrected chi connectivity index (χ3v) is 3.40. The number of halogens is 1. The molecule has 1 amide bonds. The van der Waals surface area contributed by atoms with E-state index in [0.29, 0.717) is 12.1 Å². The maximum Gasteiger partial charge on any atom is 0.338 e. The lowest BCUT2D eigenvalue weighted by molar-refractivity contribution is -0.124. The van der Waals surface area contributed by atoms with Crippen LogP contribution >= 0.6 is 22.6 Å². The van der Waals surface area contributed by atoms with Gasteiger partial charge in [0.15, 0.2) is 6.61 Å². The van der Waals surface area contributed by atoms with Gasteiger partial charge in [-0.2, -0.15) is 0 Å². The fourth-order valence-corrected chi connectivity index (χ4v) is 2.22. The predicted molar refractivity (Wildman–Crippen MR) is 87.7 cm³/mol. The van der Waals surface area contributed by atoms with Crippen molar-refractivity contribution in [3.05, 3.63) is 69.3 Å². The third-order valence-electron chi connectivity index (χ3n) is 2.73. The number of ether oxygens (including phenoxy) is 1. The molecule has 0 heterocycles. The zero-order valence-electron chi connectivity index (χ0n) is 11.2. The molecule has 0 aromatic heterocycles. The lowest BCUT2D eigenvalue weighted by Crippen LogP contribution is -2.28. The minimum absolute atomic E-state index is 0.281. The minimum atomic E-state index is -0.497. The highest BCUT2D eigenvalue weighted by atomic mass is 127. The van der Waals surface area contributed by atoms with E-state index in [4.69, 9.17) is 4.74 Å². The molecule has 4 nitrogen and oxygen atoms in total. The Morgan fingerprint density at radius 2 is 1.81 bits per heavy atom. The second-order valence-corrected chi connectivity index (χ2v) is 5.59. The second kappa shape index (κ2) is 7.78. The normalized spacial score (nSPS) is 9.95. The van der Waals surface area contributed by atoms with Crippen LogP contribution in [0.25, 0.3) is 0 Å². The predicted octanol–water partition coefficient (Wildman–Crippen LogP) is 2.76. The molecule has 0 saturated carbocycles. The van der Waals surface area contributed by atoms with Gasteiger partial charge in [0.2, 0.25) is 0 Å². The smallest absolute Gasteiger partial charge is 0.338 e. The van der Waals surface area contributed by atoms with E-state index in [1.807, 2.05) is 36.4 Å². The van der Waals surface area contributed by atoms with E-state index in [0.717, 1.165) is 9.13 Å². The maximum atomic E-state index is 11.8. The molecule has 0 radical (unpaired) electrons. The monoisotopic (exact) mass is 395 g/mol. The summed E-state index contributed by atoms with van der Waals surface area (Å²) in [5.41, 5.74) is 1.44. The van der Waals surface area contributed by atoms with Gasteiger partial charge in [0.05, 0.1) is 5.56 Å². The molecule has 21 heavy (non-hydrogen) atoms. The second-order valence-electron chi connectivity index (χ2n) is 4.35. The molecule has 0 atom stereocenters. The van der Waals surface area contributed by atoms with Gasteiger partial charge in [-0.25, -0.2) is 4.79 Å². The van der Waals surface area contributed by atoms with E-state index in [-0.39, 0.29) is 12.5 Å². The van der Waals surface area contributed by atoms with Crippen molar-refractivity contribution >= 4 is 34.5 Å². The van der Waals surface area contributed by atoms with E-state index in [9.17, 15) is 9.59 Å². The Labute approximate surface area is 136 Å². The SMILES string of the molecule is O=C(COC(=O)c1cccc(I)c1)NCc1ccccc1. The molecule has 108 valence electrons. The van der Waals surface area contributed by atoms with Crippen LogP contribution in [-0.2, 0) is 16.1 Å². The van der Waals surface area contributed by atoms with E-state index in [1.54, 1.807) is 18.2 Å². The van der Waals surface area contributed by atoms with Crippen molar-refractivity contribution in [3.8, 4) is 0 Å². The van der Waals surface area contributed by atoms with E-state index < -0.39 is 5.97 Å². The minimum Gasteiger partial charge on any atom is -0.452 e. The summed E-state index contributed by atoms with van der Waals surface area (Å²) in [6.07, 6.45) is 0. The van der Waals surface area contributed by atoms with E-state index in [1.165, 1.54) is 0 Å². The number of hydrogen-bond donors (Lipinski definition) is 1. The number of nitrogens with one attached hydrogen (secondary N) is 1. The first-order valence-electron chi connectivity index (χ1n) is 6.38. The number of rotatable bonds is 5. The molecule has 0 fully saturated rings. The molecule has 0 bridgehead atoms. The molecule has 2 aromatic rings. The van der Waals surface area contributed by atoms with Gasteiger partial charge >= 0.3 is 5.97 Å². The average Bonchev–Trinajstić information content (AvgIpc) is 2.51. The van der Waals surface area contributed by atoms with Gasteiger partial charge < -0.3 is 10.1 Å². The molecule has 2 rings (SSSR count). The highest BCUT2D eigenvalue weighted by Gasteiger charge is 2.10. The van der Waals surface area contributed by atoms with Crippen molar-refractivity contribution < 1.29 is 14.3 Å². The van der Waals surface area contributed by atoms with Crippen molar-refractivity contribution in [1.29, 1.82) is 0 Å². The summed E-state index contributed by atoms with van der Waals surface area (Å²) in [6.45, 7) is 0.137. The highest BCUT2D eigenvalue weighted by molar-refractivity contribution is 14.1. The zero-order chi connectivity index (χ0) is 15.1. The molecule has 0 aliphatic carbocycles. The molecule has 1 N–H and O–H groups in total. The van der Waals surface area contributed by atoms with Crippen LogP contribution in [0.4, 0.5) is 0 Å². The summed E-state index contributed by atoms with van der Waals surface area (Å²) in [7, 11) is 0. The van der Waals surface area contributed by atoms with Gasteiger partial charge in [0.25, 0.3) is 5.91 Å². The Kier molecular flexibility index (Phi) is 5.74. The Morgan fingerprint density at radius 3 is 2.52 bits per heavy atom. The Morgan fingerprint density at radius 1 is 1.05 bits per heavy atom. The molecule has 0 unspecified atom stereocenters. The van der Waals surface area contributed by atoms with Crippen LogP contribution in [0.1, 0.15) is 15.9 Å². The lowest BCUT2D eigenvalue weighted by atomic mass is 10.2. The molecular formula is C16H14INO3. The molecule has 2 aromatic carbocycles. The lowest BCUT2D eigenvalue weighted by Gasteiger charge is -2.07. The molecule has 5 heteroatoms. The first kappa shape index (κ1) is 15.5. The van der Waals surface area contributed by atoms with Gasteiger partial charge in [-0.15, -0.1) is 0 Å². The van der Waals surface area contributed by atoms with Crippen molar-refractivity contribution in [2.75, 3.05) is 6.61 Å².